The van der Waals surface area contributed by atoms with E-state index in [2.05, 4.69) is 20.8 Å². The van der Waals surface area contributed by atoms with Crippen molar-refractivity contribution in [1.82, 2.24) is 14.7 Å². The van der Waals surface area contributed by atoms with Gasteiger partial charge in [0.25, 0.3) is 0 Å². The van der Waals surface area contributed by atoms with Crippen molar-refractivity contribution < 1.29 is 8.42 Å². The number of hydrogen-bond donors (Lipinski definition) is 2. The van der Waals surface area contributed by atoms with Crippen LogP contribution in [0.3, 0.4) is 0 Å². The Labute approximate surface area is 128 Å². The maximum absolute atomic E-state index is 12.7. The van der Waals surface area contributed by atoms with Gasteiger partial charge in [0.1, 0.15) is 10.5 Å². The zero-order chi connectivity index (χ0) is 15.2. The molecule has 0 bridgehead atoms. The molecule has 3 aromatic rings. The van der Waals surface area contributed by atoms with E-state index < -0.39 is 10.0 Å². The van der Waals surface area contributed by atoms with Crippen LogP contribution in [0, 0.1) is 0 Å². The van der Waals surface area contributed by atoms with Gasteiger partial charge in [-0.15, -0.1) is 0 Å². The van der Waals surface area contributed by atoms with Gasteiger partial charge in [-0.25, -0.2) is 18.1 Å². The van der Waals surface area contributed by atoms with Crippen molar-refractivity contribution in [2.24, 2.45) is 0 Å². The maximum Gasteiger partial charge on any atom is 0.243 e. The van der Waals surface area contributed by atoms with Crippen LogP contribution in [0.4, 0.5) is 0 Å². The summed E-state index contributed by atoms with van der Waals surface area (Å²) in [5.41, 5.74) is 2.87. The van der Waals surface area contributed by atoms with Crippen molar-refractivity contribution >= 4 is 21.1 Å². The van der Waals surface area contributed by atoms with Crippen LogP contribution in [-0.4, -0.2) is 18.4 Å². The summed E-state index contributed by atoms with van der Waals surface area (Å²) in [6, 6.07) is 11.3. The third-order valence-corrected chi connectivity index (χ3v) is 5.64. The van der Waals surface area contributed by atoms with E-state index in [0.717, 1.165) is 18.4 Å². The SMILES string of the molecule is O=S(=O)(N[C@H]1CCc2ccccc21)c1c[nH]c2ncccc12. The van der Waals surface area contributed by atoms with Gasteiger partial charge in [0.2, 0.25) is 10.0 Å². The Bertz CT molecular complexity index is 947. The summed E-state index contributed by atoms with van der Waals surface area (Å²) in [6.07, 6.45) is 4.83. The molecule has 1 aliphatic rings. The molecule has 6 heteroatoms. The molecule has 2 N–H and O–H groups in total. The maximum atomic E-state index is 12.7. The Hall–Kier alpha value is -2.18. The number of aryl methyl sites for hydroxylation is 1. The van der Waals surface area contributed by atoms with Gasteiger partial charge in [-0.2, -0.15) is 0 Å². The zero-order valence-corrected chi connectivity index (χ0v) is 12.6. The van der Waals surface area contributed by atoms with E-state index >= 15 is 0 Å². The van der Waals surface area contributed by atoms with E-state index in [9.17, 15) is 8.42 Å². The number of aromatic amines is 1. The fraction of sp³-hybridized carbons (Fsp3) is 0.188. The lowest BCUT2D eigenvalue weighted by atomic mass is 10.1. The molecule has 5 nitrogen and oxygen atoms in total. The van der Waals surface area contributed by atoms with Crippen LogP contribution < -0.4 is 4.72 Å². The van der Waals surface area contributed by atoms with Gasteiger partial charge < -0.3 is 4.98 Å². The number of pyridine rings is 1. The van der Waals surface area contributed by atoms with Crippen LogP contribution in [0.25, 0.3) is 11.0 Å². The molecule has 0 unspecified atom stereocenters. The highest BCUT2D eigenvalue weighted by Gasteiger charge is 2.28. The molecule has 1 aromatic carbocycles. The number of benzene rings is 1. The monoisotopic (exact) mass is 313 g/mol. The van der Waals surface area contributed by atoms with Crippen LogP contribution >= 0.6 is 0 Å². The Morgan fingerprint density at radius 3 is 2.95 bits per heavy atom. The van der Waals surface area contributed by atoms with Gasteiger partial charge in [0, 0.05) is 23.8 Å². The van der Waals surface area contributed by atoms with Crippen LogP contribution in [0.5, 0.6) is 0 Å². The highest BCUT2D eigenvalue weighted by molar-refractivity contribution is 7.89. The van der Waals surface area contributed by atoms with Crippen LogP contribution in [0.1, 0.15) is 23.6 Å². The van der Waals surface area contributed by atoms with E-state index in [-0.39, 0.29) is 10.9 Å². The molecule has 0 fully saturated rings. The summed E-state index contributed by atoms with van der Waals surface area (Å²) < 4.78 is 28.3. The molecule has 0 radical (unpaired) electrons. The molecule has 0 saturated heterocycles. The standard InChI is InChI=1S/C16H15N3O2S/c20-22(21,15-10-18-16-13(15)6-3-9-17-16)19-14-8-7-11-4-1-2-5-12(11)14/h1-6,9-10,14,19H,7-8H2,(H,17,18)/t14-/m0/s1. The van der Waals surface area contributed by atoms with Gasteiger partial charge in [-0.05, 0) is 36.1 Å². The lowest BCUT2D eigenvalue weighted by Gasteiger charge is -2.14. The number of nitrogens with one attached hydrogen (secondary N) is 2. The van der Waals surface area contributed by atoms with Gasteiger partial charge >= 0.3 is 0 Å². The summed E-state index contributed by atoms with van der Waals surface area (Å²) >= 11 is 0. The molecule has 4 rings (SSSR count). The Balaban J connectivity index is 1.71. The van der Waals surface area contributed by atoms with Crippen molar-refractivity contribution in [2.75, 3.05) is 0 Å². The first-order valence-corrected chi connectivity index (χ1v) is 8.66. The van der Waals surface area contributed by atoms with E-state index in [1.165, 1.54) is 11.8 Å². The number of nitrogens with zero attached hydrogens (tertiary/aromatic N) is 1. The molecular formula is C16H15N3O2S. The highest BCUT2D eigenvalue weighted by atomic mass is 32.2. The second-order valence-corrected chi connectivity index (χ2v) is 7.15. The number of H-pyrrole nitrogens is 1. The minimum atomic E-state index is -3.59. The summed E-state index contributed by atoms with van der Waals surface area (Å²) in [5, 5.41) is 0.612. The molecule has 1 atom stereocenters. The summed E-state index contributed by atoms with van der Waals surface area (Å²) in [4.78, 5) is 7.29. The Morgan fingerprint density at radius 1 is 1.18 bits per heavy atom. The van der Waals surface area contributed by atoms with Gasteiger partial charge in [0.15, 0.2) is 0 Å². The van der Waals surface area contributed by atoms with Crippen LogP contribution in [0.2, 0.25) is 0 Å². The van der Waals surface area contributed by atoms with Crippen molar-refractivity contribution in [3.63, 3.8) is 0 Å². The minimum Gasteiger partial charge on any atom is -0.345 e. The van der Waals surface area contributed by atoms with Gasteiger partial charge in [0.05, 0.1) is 0 Å². The fourth-order valence-electron chi connectivity index (χ4n) is 3.08. The molecule has 2 heterocycles. The predicted molar refractivity (Wildman–Crippen MR) is 83.9 cm³/mol. The highest BCUT2D eigenvalue weighted by Crippen LogP contribution is 2.32. The molecule has 0 amide bonds. The van der Waals surface area contributed by atoms with Crippen molar-refractivity contribution in [3.8, 4) is 0 Å². The molecule has 0 saturated carbocycles. The number of fused-ring (bicyclic) bond motifs is 2. The quantitative estimate of drug-likeness (QED) is 0.780. The van der Waals surface area contributed by atoms with Crippen LogP contribution in [-0.2, 0) is 16.4 Å². The smallest absolute Gasteiger partial charge is 0.243 e. The van der Waals surface area contributed by atoms with Crippen molar-refractivity contribution in [2.45, 2.75) is 23.8 Å². The van der Waals surface area contributed by atoms with Crippen molar-refractivity contribution in [3.05, 3.63) is 59.9 Å². The topological polar surface area (TPSA) is 74.8 Å². The molecule has 0 aliphatic heterocycles. The molecule has 0 spiro atoms. The zero-order valence-electron chi connectivity index (χ0n) is 11.8. The van der Waals surface area contributed by atoms with Gasteiger partial charge in [-0.3, -0.25) is 0 Å². The molecule has 1 aliphatic carbocycles. The summed E-state index contributed by atoms with van der Waals surface area (Å²) in [6.45, 7) is 0. The first-order chi connectivity index (χ1) is 10.6. The lowest BCUT2D eigenvalue weighted by Crippen LogP contribution is -2.27. The predicted octanol–water partition coefficient (Wildman–Crippen LogP) is 2.53. The van der Waals surface area contributed by atoms with E-state index in [0.29, 0.717) is 11.0 Å². The lowest BCUT2D eigenvalue weighted by molar-refractivity contribution is 0.555. The molecule has 22 heavy (non-hydrogen) atoms. The number of aromatic nitrogens is 2. The average Bonchev–Trinajstić information content (AvgIpc) is 3.12. The normalized spacial score (nSPS) is 17.7. The van der Waals surface area contributed by atoms with E-state index in [1.807, 2.05) is 18.2 Å². The van der Waals surface area contributed by atoms with E-state index in [1.54, 1.807) is 18.3 Å². The first-order valence-electron chi connectivity index (χ1n) is 7.17. The number of sulfonamides is 1. The summed E-state index contributed by atoms with van der Waals surface area (Å²) in [7, 11) is -3.59. The van der Waals surface area contributed by atoms with E-state index in [4.69, 9.17) is 0 Å². The van der Waals surface area contributed by atoms with Crippen LogP contribution in [0.15, 0.2) is 53.7 Å². The number of rotatable bonds is 3. The van der Waals surface area contributed by atoms with Crippen molar-refractivity contribution in [1.29, 1.82) is 0 Å². The first kappa shape index (κ1) is 13.5. The Morgan fingerprint density at radius 2 is 2.05 bits per heavy atom. The number of hydrogen-bond acceptors (Lipinski definition) is 3. The fourth-order valence-corrected chi connectivity index (χ4v) is 4.50. The summed E-state index contributed by atoms with van der Waals surface area (Å²) in [5.74, 6) is 0. The van der Waals surface area contributed by atoms with Gasteiger partial charge in [-0.1, -0.05) is 24.3 Å². The largest absolute Gasteiger partial charge is 0.345 e. The third-order valence-electron chi connectivity index (χ3n) is 4.13. The third kappa shape index (κ3) is 2.12. The second-order valence-electron chi connectivity index (χ2n) is 5.46. The average molecular weight is 313 g/mol. The minimum absolute atomic E-state index is 0.164. The molecule has 2 aromatic heterocycles. The molecule has 112 valence electrons. The Kier molecular flexibility index (Phi) is 3.02. The second kappa shape index (κ2) is 4.93. The molecular weight excluding hydrogens is 298 g/mol.